The third-order valence-electron chi connectivity index (χ3n) is 3.41. The summed E-state index contributed by atoms with van der Waals surface area (Å²) in [5.41, 5.74) is 5.36. The first-order valence-corrected chi connectivity index (χ1v) is 7.69. The van der Waals surface area contributed by atoms with Crippen molar-refractivity contribution in [2.24, 2.45) is 11.7 Å². The smallest absolute Gasteiger partial charge is 0.244 e. The van der Waals surface area contributed by atoms with Gasteiger partial charge in [-0.15, -0.1) is 0 Å². The maximum Gasteiger partial charge on any atom is 0.244 e. The predicted octanol–water partition coefficient (Wildman–Crippen LogP) is 0.444. The van der Waals surface area contributed by atoms with Gasteiger partial charge in [-0.1, -0.05) is 12.1 Å². The molecule has 1 aliphatic rings. The molecule has 6 nitrogen and oxygen atoms in total. The van der Waals surface area contributed by atoms with E-state index in [1.807, 2.05) is 6.07 Å². The summed E-state index contributed by atoms with van der Waals surface area (Å²) < 4.78 is 26.4. The Morgan fingerprint density at radius 3 is 2.75 bits per heavy atom. The fourth-order valence-electron chi connectivity index (χ4n) is 2.32. The van der Waals surface area contributed by atoms with Crippen LogP contribution in [0.15, 0.2) is 29.2 Å². The molecule has 20 heavy (non-hydrogen) atoms. The third kappa shape index (κ3) is 2.66. The lowest BCUT2D eigenvalue weighted by atomic mass is 9.99. The lowest BCUT2D eigenvalue weighted by Crippen LogP contribution is -2.44. The van der Waals surface area contributed by atoms with Crippen LogP contribution in [-0.4, -0.2) is 31.7 Å². The summed E-state index contributed by atoms with van der Waals surface area (Å²) in [6.07, 6.45) is 1.18. The number of nitriles is 1. The van der Waals surface area contributed by atoms with Crippen LogP contribution in [0.4, 0.5) is 0 Å². The molecular formula is C13H15N3O3S. The fourth-order valence-corrected chi connectivity index (χ4v) is 3.98. The molecule has 1 aliphatic heterocycles. The standard InChI is InChI=1S/C13H15N3O3S/c14-8-10-4-1-2-6-12(10)20(18,19)16-7-3-5-11(9-16)13(15)17/h1-2,4,6,11H,3,5,7,9H2,(H2,15,17)/t11-/m0/s1. The van der Waals surface area contributed by atoms with Gasteiger partial charge in [-0.05, 0) is 25.0 Å². The van der Waals surface area contributed by atoms with Gasteiger partial charge in [0.25, 0.3) is 0 Å². The molecular weight excluding hydrogens is 278 g/mol. The van der Waals surface area contributed by atoms with Crippen LogP contribution in [0.3, 0.4) is 0 Å². The Kier molecular flexibility index (Phi) is 4.06. The van der Waals surface area contributed by atoms with Gasteiger partial charge < -0.3 is 5.73 Å². The van der Waals surface area contributed by atoms with E-state index in [-0.39, 0.29) is 17.0 Å². The highest BCUT2D eigenvalue weighted by Gasteiger charge is 2.33. The number of primary amides is 1. The molecule has 1 saturated heterocycles. The van der Waals surface area contributed by atoms with Crippen molar-refractivity contribution in [3.8, 4) is 6.07 Å². The van der Waals surface area contributed by atoms with Crippen LogP contribution in [0, 0.1) is 17.2 Å². The molecule has 7 heteroatoms. The number of carbonyl (C=O) groups excluding carboxylic acids is 1. The average Bonchev–Trinajstić information content (AvgIpc) is 2.47. The normalized spacial score (nSPS) is 20.2. The topological polar surface area (TPSA) is 104 Å². The summed E-state index contributed by atoms with van der Waals surface area (Å²) in [6.45, 7) is 0.420. The summed E-state index contributed by atoms with van der Waals surface area (Å²) in [5.74, 6) is -0.953. The third-order valence-corrected chi connectivity index (χ3v) is 5.34. The van der Waals surface area contributed by atoms with Crippen molar-refractivity contribution in [1.29, 1.82) is 5.26 Å². The largest absolute Gasteiger partial charge is 0.369 e. The van der Waals surface area contributed by atoms with Gasteiger partial charge in [0, 0.05) is 13.1 Å². The molecule has 0 bridgehead atoms. The maximum absolute atomic E-state index is 12.6. The van der Waals surface area contributed by atoms with Crippen LogP contribution < -0.4 is 5.73 Å². The molecule has 0 unspecified atom stereocenters. The maximum atomic E-state index is 12.6. The first-order valence-electron chi connectivity index (χ1n) is 6.25. The number of piperidine rings is 1. The molecule has 1 fully saturated rings. The SMILES string of the molecule is N#Cc1ccccc1S(=O)(=O)N1CCC[C@H](C(N)=O)C1. The second kappa shape index (κ2) is 5.61. The number of nitrogens with two attached hydrogens (primary N) is 1. The first-order chi connectivity index (χ1) is 9.46. The summed E-state index contributed by atoms with van der Waals surface area (Å²) in [5, 5.41) is 9.01. The van der Waals surface area contributed by atoms with Crippen molar-refractivity contribution in [2.75, 3.05) is 13.1 Å². The van der Waals surface area contributed by atoms with E-state index < -0.39 is 21.8 Å². The monoisotopic (exact) mass is 293 g/mol. The molecule has 1 aromatic rings. The zero-order valence-electron chi connectivity index (χ0n) is 10.8. The molecule has 0 aliphatic carbocycles. The fraction of sp³-hybridized carbons (Fsp3) is 0.385. The van der Waals surface area contributed by atoms with Crippen molar-refractivity contribution in [3.05, 3.63) is 29.8 Å². The number of benzene rings is 1. The molecule has 1 atom stereocenters. The van der Waals surface area contributed by atoms with Crippen LogP contribution in [0.5, 0.6) is 0 Å². The Hall–Kier alpha value is -1.91. The van der Waals surface area contributed by atoms with Crippen molar-refractivity contribution in [2.45, 2.75) is 17.7 Å². The highest BCUT2D eigenvalue weighted by atomic mass is 32.2. The zero-order chi connectivity index (χ0) is 14.8. The van der Waals surface area contributed by atoms with Gasteiger partial charge >= 0.3 is 0 Å². The van der Waals surface area contributed by atoms with Crippen LogP contribution in [-0.2, 0) is 14.8 Å². The number of rotatable bonds is 3. The number of nitrogens with zero attached hydrogens (tertiary/aromatic N) is 2. The minimum absolute atomic E-state index is 0.0207. The van der Waals surface area contributed by atoms with Gasteiger partial charge in [-0.2, -0.15) is 9.57 Å². The van der Waals surface area contributed by atoms with Crippen LogP contribution >= 0.6 is 0 Å². The van der Waals surface area contributed by atoms with Gasteiger partial charge in [-0.25, -0.2) is 8.42 Å². The summed E-state index contributed by atoms with van der Waals surface area (Å²) in [4.78, 5) is 11.2. The number of hydrogen-bond acceptors (Lipinski definition) is 4. The van der Waals surface area contributed by atoms with Gasteiger partial charge in [-0.3, -0.25) is 4.79 Å². The minimum atomic E-state index is -3.77. The van der Waals surface area contributed by atoms with E-state index in [0.717, 1.165) is 0 Å². The van der Waals surface area contributed by atoms with Gasteiger partial charge in [0.1, 0.15) is 6.07 Å². The Balaban J connectivity index is 2.35. The van der Waals surface area contributed by atoms with Crippen molar-refractivity contribution in [3.63, 3.8) is 0 Å². The Morgan fingerprint density at radius 1 is 1.40 bits per heavy atom. The van der Waals surface area contributed by atoms with Gasteiger partial charge in [0.05, 0.1) is 16.4 Å². The van der Waals surface area contributed by atoms with E-state index in [1.54, 1.807) is 12.1 Å². The predicted molar refractivity (Wildman–Crippen MR) is 71.8 cm³/mol. The zero-order valence-corrected chi connectivity index (χ0v) is 11.6. The van der Waals surface area contributed by atoms with E-state index in [2.05, 4.69) is 0 Å². The highest BCUT2D eigenvalue weighted by Crippen LogP contribution is 2.25. The lowest BCUT2D eigenvalue weighted by Gasteiger charge is -2.30. The van der Waals surface area contributed by atoms with Crippen molar-refractivity contribution < 1.29 is 13.2 Å². The number of hydrogen-bond donors (Lipinski definition) is 1. The molecule has 0 saturated carbocycles. The second-order valence-corrected chi connectivity index (χ2v) is 6.62. The Bertz CT molecular complexity index is 664. The van der Waals surface area contributed by atoms with Crippen LogP contribution in [0.1, 0.15) is 18.4 Å². The van der Waals surface area contributed by atoms with Crippen LogP contribution in [0.25, 0.3) is 0 Å². The van der Waals surface area contributed by atoms with E-state index in [0.29, 0.717) is 19.4 Å². The van der Waals surface area contributed by atoms with Crippen molar-refractivity contribution in [1.82, 2.24) is 4.31 Å². The Morgan fingerprint density at radius 2 is 2.10 bits per heavy atom. The quantitative estimate of drug-likeness (QED) is 0.873. The minimum Gasteiger partial charge on any atom is -0.369 e. The van der Waals surface area contributed by atoms with Crippen LogP contribution in [0.2, 0.25) is 0 Å². The van der Waals surface area contributed by atoms with Crippen molar-refractivity contribution >= 4 is 15.9 Å². The van der Waals surface area contributed by atoms with E-state index in [9.17, 15) is 13.2 Å². The second-order valence-electron chi connectivity index (χ2n) is 4.71. The molecule has 0 radical (unpaired) electrons. The number of sulfonamides is 1. The first kappa shape index (κ1) is 14.5. The number of carbonyl (C=O) groups is 1. The summed E-state index contributed by atoms with van der Waals surface area (Å²) >= 11 is 0. The Labute approximate surface area is 117 Å². The lowest BCUT2D eigenvalue weighted by molar-refractivity contribution is -0.122. The molecule has 2 N–H and O–H groups in total. The van der Waals surface area contributed by atoms with E-state index >= 15 is 0 Å². The van der Waals surface area contributed by atoms with E-state index in [4.69, 9.17) is 11.0 Å². The molecule has 1 amide bonds. The van der Waals surface area contributed by atoms with Gasteiger partial charge in [0.15, 0.2) is 0 Å². The molecule has 106 valence electrons. The molecule has 0 spiro atoms. The number of amides is 1. The molecule has 1 heterocycles. The van der Waals surface area contributed by atoms with Gasteiger partial charge in [0.2, 0.25) is 15.9 Å². The summed E-state index contributed by atoms with van der Waals surface area (Å²) in [7, 11) is -3.77. The molecule has 2 rings (SSSR count). The highest BCUT2D eigenvalue weighted by molar-refractivity contribution is 7.89. The summed E-state index contributed by atoms with van der Waals surface area (Å²) in [6, 6.07) is 7.93. The molecule has 1 aromatic carbocycles. The molecule has 0 aromatic heterocycles. The van der Waals surface area contributed by atoms with E-state index in [1.165, 1.54) is 16.4 Å². The average molecular weight is 293 g/mol.